The largest absolute Gasteiger partial charge is 0.435 e. The minimum atomic E-state index is -4.55. The Kier molecular flexibility index (Phi) is 7.90. The molecule has 0 aliphatic heterocycles. The fourth-order valence-corrected chi connectivity index (χ4v) is 4.72. The Morgan fingerprint density at radius 1 is 1.16 bits per heavy atom. The number of carbonyl (C=O) groups is 1. The number of hydrogen-bond donors (Lipinski definition) is 1. The van der Waals surface area contributed by atoms with Gasteiger partial charge in [0, 0.05) is 17.5 Å². The molecular formula is C28H30F3N5O. The van der Waals surface area contributed by atoms with E-state index >= 15 is 0 Å². The number of nitrogens with zero attached hydrogens (tertiary/aromatic N) is 4. The number of alkyl halides is 3. The molecule has 6 nitrogen and oxygen atoms in total. The molecule has 1 unspecified atom stereocenters. The number of nitrogens with one attached hydrogen (secondary N) is 1. The first-order chi connectivity index (χ1) is 17.7. The van der Waals surface area contributed by atoms with Crippen LogP contribution in [0.25, 0.3) is 5.57 Å². The van der Waals surface area contributed by atoms with Crippen molar-refractivity contribution in [1.29, 1.82) is 0 Å². The van der Waals surface area contributed by atoms with E-state index in [1.165, 1.54) is 4.68 Å². The van der Waals surface area contributed by atoms with E-state index in [1.807, 2.05) is 44.2 Å². The fourth-order valence-electron chi connectivity index (χ4n) is 4.72. The van der Waals surface area contributed by atoms with Crippen LogP contribution in [0.1, 0.15) is 66.8 Å². The van der Waals surface area contributed by atoms with Gasteiger partial charge < -0.3 is 5.32 Å². The normalized spacial score (nSPS) is 14.0. The van der Waals surface area contributed by atoms with Gasteiger partial charge in [0.2, 0.25) is 5.91 Å². The van der Waals surface area contributed by atoms with E-state index in [4.69, 9.17) is 4.98 Å². The van der Waals surface area contributed by atoms with Crippen LogP contribution in [-0.2, 0) is 36.8 Å². The van der Waals surface area contributed by atoms with Crippen molar-refractivity contribution >= 4 is 11.5 Å². The van der Waals surface area contributed by atoms with Crippen molar-refractivity contribution in [1.82, 2.24) is 25.1 Å². The predicted molar refractivity (Wildman–Crippen MR) is 135 cm³/mol. The standard InChI is InChI=1S/C28H30F3N5O/c1-4-20(18(2)3)22-14-15-32-27(34-22)23(16-19-10-6-5-7-11-19)33-25(37)17-36-24-13-9-8-12-21(24)26(35-36)28(29,30)31/h4-7,10-11,14-15,23H,1,8-9,12-13,16-17H2,2-3H3,(H,33,37). The average Bonchev–Trinajstić information content (AvgIpc) is 3.24. The van der Waals surface area contributed by atoms with Crippen LogP contribution in [0, 0.1) is 0 Å². The van der Waals surface area contributed by atoms with Crippen molar-refractivity contribution in [3.63, 3.8) is 0 Å². The summed E-state index contributed by atoms with van der Waals surface area (Å²) < 4.78 is 42.0. The molecule has 1 atom stereocenters. The maximum absolute atomic E-state index is 13.6. The van der Waals surface area contributed by atoms with Crippen LogP contribution in [0.5, 0.6) is 0 Å². The lowest BCUT2D eigenvalue weighted by Gasteiger charge is -2.20. The molecule has 1 amide bonds. The zero-order valence-corrected chi connectivity index (χ0v) is 21.0. The van der Waals surface area contributed by atoms with E-state index in [0.717, 1.165) is 23.1 Å². The SMILES string of the molecule is C=CC(=C(C)C)c1ccnc(C(Cc2ccccc2)NC(=O)Cn2nc(C(F)(F)F)c3c2CCCC3)n1. The molecule has 0 spiro atoms. The summed E-state index contributed by atoms with van der Waals surface area (Å²) >= 11 is 0. The lowest BCUT2D eigenvalue weighted by molar-refractivity contribution is -0.142. The molecule has 0 fully saturated rings. The van der Waals surface area contributed by atoms with Gasteiger partial charge in [-0.2, -0.15) is 18.3 Å². The summed E-state index contributed by atoms with van der Waals surface area (Å²) in [6.07, 6.45) is 1.46. The molecule has 1 aliphatic carbocycles. The van der Waals surface area contributed by atoms with Crippen LogP contribution >= 0.6 is 0 Å². The van der Waals surface area contributed by atoms with Gasteiger partial charge in [0.15, 0.2) is 11.5 Å². The molecule has 37 heavy (non-hydrogen) atoms. The van der Waals surface area contributed by atoms with Gasteiger partial charge in [-0.1, -0.05) is 48.6 Å². The van der Waals surface area contributed by atoms with Gasteiger partial charge in [0.1, 0.15) is 6.54 Å². The van der Waals surface area contributed by atoms with Crippen LogP contribution in [0.15, 0.2) is 60.8 Å². The Morgan fingerprint density at radius 2 is 1.89 bits per heavy atom. The summed E-state index contributed by atoms with van der Waals surface area (Å²) in [6.45, 7) is 7.48. The fraction of sp³-hybridized carbons (Fsp3) is 0.357. The highest BCUT2D eigenvalue weighted by Gasteiger charge is 2.39. The highest BCUT2D eigenvalue weighted by Crippen LogP contribution is 2.35. The van der Waals surface area contributed by atoms with Crippen LogP contribution in [0.3, 0.4) is 0 Å². The smallest absolute Gasteiger partial charge is 0.344 e. The lowest BCUT2D eigenvalue weighted by Crippen LogP contribution is -2.34. The number of carbonyl (C=O) groups excluding carboxylic acids is 1. The monoisotopic (exact) mass is 509 g/mol. The zero-order valence-electron chi connectivity index (χ0n) is 21.0. The van der Waals surface area contributed by atoms with Crippen molar-refractivity contribution in [2.45, 2.75) is 64.7 Å². The predicted octanol–water partition coefficient (Wildman–Crippen LogP) is 5.65. The first-order valence-electron chi connectivity index (χ1n) is 12.3. The molecule has 1 N–H and O–H groups in total. The quantitative estimate of drug-likeness (QED) is 0.399. The second-order valence-corrected chi connectivity index (χ2v) is 9.36. The first-order valence-corrected chi connectivity index (χ1v) is 12.3. The van der Waals surface area contributed by atoms with Crippen molar-refractivity contribution in [3.8, 4) is 0 Å². The molecule has 3 aromatic rings. The number of halogens is 3. The number of aromatic nitrogens is 4. The van der Waals surface area contributed by atoms with Gasteiger partial charge in [-0.05, 0) is 63.2 Å². The summed E-state index contributed by atoms with van der Waals surface area (Å²) in [6, 6.07) is 10.8. The highest BCUT2D eigenvalue weighted by molar-refractivity contribution is 5.76. The number of rotatable bonds is 8. The minimum Gasteiger partial charge on any atom is -0.344 e. The van der Waals surface area contributed by atoms with Crippen LogP contribution in [0.2, 0.25) is 0 Å². The minimum absolute atomic E-state index is 0.210. The number of allylic oxidation sites excluding steroid dienone is 3. The van der Waals surface area contributed by atoms with Gasteiger partial charge in [-0.3, -0.25) is 9.48 Å². The number of benzene rings is 1. The maximum Gasteiger partial charge on any atom is 0.435 e. The molecule has 194 valence electrons. The van der Waals surface area contributed by atoms with E-state index in [9.17, 15) is 18.0 Å². The van der Waals surface area contributed by atoms with E-state index in [-0.39, 0.29) is 12.1 Å². The van der Waals surface area contributed by atoms with Gasteiger partial charge in [0.05, 0.1) is 11.7 Å². The van der Waals surface area contributed by atoms with Crippen molar-refractivity contribution in [2.24, 2.45) is 0 Å². The van der Waals surface area contributed by atoms with Crippen molar-refractivity contribution < 1.29 is 18.0 Å². The Bertz CT molecular complexity index is 1310. The number of fused-ring (bicyclic) bond motifs is 1. The van der Waals surface area contributed by atoms with Crippen molar-refractivity contribution in [3.05, 3.63) is 94.9 Å². The Labute approximate surface area is 214 Å². The molecule has 1 aromatic carbocycles. The highest BCUT2D eigenvalue weighted by atomic mass is 19.4. The van der Waals surface area contributed by atoms with Gasteiger partial charge in [0.25, 0.3) is 0 Å². The summed E-state index contributed by atoms with van der Waals surface area (Å²) in [5.41, 5.74) is 3.37. The molecule has 9 heteroatoms. The van der Waals surface area contributed by atoms with Crippen LogP contribution < -0.4 is 5.32 Å². The molecule has 0 radical (unpaired) electrons. The van der Waals surface area contributed by atoms with E-state index < -0.39 is 23.8 Å². The lowest BCUT2D eigenvalue weighted by atomic mass is 9.95. The van der Waals surface area contributed by atoms with E-state index in [2.05, 4.69) is 22.0 Å². The molecule has 0 saturated carbocycles. The van der Waals surface area contributed by atoms with Crippen LogP contribution in [0.4, 0.5) is 13.2 Å². The second-order valence-electron chi connectivity index (χ2n) is 9.36. The average molecular weight is 510 g/mol. The molecule has 4 rings (SSSR count). The topological polar surface area (TPSA) is 72.7 Å². The van der Waals surface area contributed by atoms with Crippen LogP contribution in [-0.4, -0.2) is 25.7 Å². The first kappa shape index (κ1) is 26.3. The molecular weight excluding hydrogens is 479 g/mol. The van der Waals surface area contributed by atoms with Gasteiger partial charge >= 0.3 is 6.18 Å². The van der Waals surface area contributed by atoms with Gasteiger partial charge in [-0.25, -0.2) is 9.97 Å². The van der Waals surface area contributed by atoms with Gasteiger partial charge in [-0.15, -0.1) is 0 Å². The summed E-state index contributed by atoms with van der Waals surface area (Å²) in [5.74, 6) is -0.0422. The Balaban J connectivity index is 1.63. The third-order valence-electron chi connectivity index (χ3n) is 6.44. The molecule has 2 heterocycles. The number of hydrogen-bond acceptors (Lipinski definition) is 4. The number of amides is 1. The Hall–Kier alpha value is -3.75. The van der Waals surface area contributed by atoms with E-state index in [0.29, 0.717) is 42.9 Å². The van der Waals surface area contributed by atoms with Crippen molar-refractivity contribution in [2.75, 3.05) is 0 Å². The summed E-state index contributed by atoms with van der Waals surface area (Å²) in [4.78, 5) is 22.3. The van der Waals surface area contributed by atoms with E-state index in [1.54, 1.807) is 18.3 Å². The Morgan fingerprint density at radius 3 is 2.57 bits per heavy atom. The third-order valence-corrected chi connectivity index (χ3v) is 6.44. The molecule has 2 aromatic heterocycles. The summed E-state index contributed by atoms with van der Waals surface area (Å²) in [7, 11) is 0. The molecule has 0 saturated heterocycles. The summed E-state index contributed by atoms with van der Waals surface area (Å²) in [5, 5.41) is 6.77. The third kappa shape index (κ3) is 6.15. The molecule has 1 aliphatic rings. The zero-order chi connectivity index (χ0) is 26.6. The second kappa shape index (κ2) is 11.1. The maximum atomic E-state index is 13.6. The molecule has 0 bridgehead atoms.